The van der Waals surface area contributed by atoms with Crippen molar-refractivity contribution < 1.29 is 4.74 Å². The Morgan fingerprint density at radius 1 is 1.06 bits per heavy atom. The third-order valence-corrected chi connectivity index (χ3v) is 5.48. The van der Waals surface area contributed by atoms with Crippen LogP contribution in [0.5, 0.6) is 5.75 Å². The highest BCUT2D eigenvalue weighted by Gasteiger charge is 2.14. The Balaban J connectivity index is 1.44. The van der Waals surface area contributed by atoms with Gasteiger partial charge >= 0.3 is 0 Å². The van der Waals surface area contributed by atoms with Crippen LogP contribution in [0.1, 0.15) is 11.1 Å². The van der Waals surface area contributed by atoms with Gasteiger partial charge in [-0.05, 0) is 49.0 Å². The van der Waals surface area contributed by atoms with E-state index in [4.69, 9.17) is 4.74 Å². The van der Waals surface area contributed by atoms with Gasteiger partial charge < -0.3 is 15.0 Å². The lowest BCUT2D eigenvalue weighted by Gasteiger charge is -2.32. The molecule has 0 amide bonds. The van der Waals surface area contributed by atoms with Gasteiger partial charge in [0, 0.05) is 50.2 Å². The van der Waals surface area contributed by atoms with Crippen molar-refractivity contribution in [1.29, 1.82) is 5.26 Å². The normalized spacial score (nSPS) is 14.7. The van der Waals surface area contributed by atoms with Crippen LogP contribution >= 0.6 is 0 Å². The maximum atomic E-state index is 9.33. The number of methoxy groups -OCH3 is 1. The number of nitriles is 1. The van der Waals surface area contributed by atoms with Crippen molar-refractivity contribution in [1.82, 2.24) is 19.8 Å². The fourth-order valence-electron chi connectivity index (χ4n) is 3.62. The van der Waals surface area contributed by atoms with Gasteiger partial charge in [0.1, 0.15) is 11.8 Å². The highest BCUT2D eigenvalue weighted by Crippen LogP contribution is 2.26. The van der Waals surface area contributed by atoms with Crippen LogP contribution in [0.4, 0.5) is 11.6 Å². The Kier molecular flexibility index (Phi) is 6.41. The van der Waals surface area contributed by atoms with E-state index < -0.39 is 0 Å². The van der Waals surface area contributed by atoms with E-state index >= 15 is 0 Å². The lowest BCUT2D eigenvalue weighted by molar-refractivity contribution is 0.148. The van der Waals surface area contributed by atoms with Crippen LogP contribution in [-0.4, -0.2) is 60.1 Å². The minimum Gasteiger partial charge on any atom is -0.495 e. The molecule has 0 atom stereocenters. The van der Waals surface area contributed by atoms with E-state index in [1.54, 1.807) is 25.4 Å². The number of nitrogens with zero attached hydrogens (tertiary/aromatic N) is 5. The maximum absolute atomic E-state index is 9.33. The quantitative estimate of drug-likeness (QED) is 0.661. The average molecular weight is 415 g/mol. The molecule has 0 bridgehead atoms. The van der Waals surface area contributed by atoms with Crippen LogP contribution < -0.4 is 10.1 Å². The summed E-state index contributed by atoms with van der Waals surface area (Å²) in [6.07, 6.45) is 1.71. The third-order valence-electron chi connectivity index (χ3n) is 5.48. The number of piperazine rings is 1. The van der Waals surface area contributed by atoms with Crippen molar-refractivity contribution >= 4 is 11.6 Å². The molecule has 31 heavy (non-hydrogen) atoms. The average Bonchev–Trinajstić information content (AvgIpc) is 2.81. The first kappa shape index (κ1) is 20.8. The Labute approximate surface area is 182 Å². The number of anilines is 2. The molecule has 0 unspecified atom stereocenters. The number of ether oxygens (including phenoxy) is 1. The van der Waals surface area contributed by atoms with Crippen molar-refractivity contribution in [3.05, 3.63) is 65.9 Å². The summed E-state index contributed by atoms with van der Waals surface area (Å²) in [7, 11) is 3.73. The summed E-state index contributed by atoms with van der Waals surface area (Å²) in [6, 6.07) is 17.8. The number of nitrogens with one attached hydrogen (secondary N) is 1. The van der Waals surface area contributed by atoms with Gasteiger partial charge in [0.2, 0.25) is 5.95 Å². The zero-order valence-electron chi connectivity index (χ0n) is 17.9. The highest BCUT2D eigenvalue weighted by atomic mass is 16.5. The van der Waals surface area contributed by atoms with Gasteiger partial charge in [-0.1, -0.05) is 12.1 Å². The molecule has 7 nitrogen and oxygen atoms in total. The molecule has 0 spiro atoms. The topological polar surface area (TPSA) is 77.3 Å². The van der Waals surface area contributed by atoms with Gasteiger partial charge in [0.05, 0.1) is 18.4 Å². The number of benzene rings is 2. The Hall–Kier alpha value is -3.47. The summed E-state index contributed by atoms with van der Waals surface area (Å²) in [6.45, 7) is 5.43. The fraction of sp³-hybridized carbons (Fsp3) is 0.292. The molecule has 0 saturated carbocycles. The summed E-state index contributed by atoms with van der Waals surface area (Å²) in [5, 5.41) is 12.6. The molecule has 2 heterocycles. The van der Waals surface area contributed by atoms with E-state index in [0.29, 0.717) is 17.3 Å². The molecule has 0 radical (unpaired) electrons. The third kappa shape index (κ3) is 5.18. The maximum Gasteiger partial charge on any atom is 0.227 e. The zero-order valence-corrected chi connectivity index (χ0v) is 17.9. The molecule has 1 aliphatic heterocycles. The van der Waals surface area contributed by atoms with E-state index in [9.17, 15) is 5.26 Å². The highest BCUT2D eigenvalue weighted by molar-refractivity contribution is 5.65. The predicted octanol–water partition coefficient (Wildman–Crippen LogP) is 3.51. The van der Waals surface area contributed by atoms with E-state index in [2.05, 4.69) is 62.5 Å². The molecule has 2 aromatic carbocycles. The summed E-state index contributed by atoms with van der Waals surface area (Å²) >= 11 is 0. The van der Waals surface area contributed by atoms with Gasteiger partial charge in [-0.3, -0.25) is 4.90 Å². The van der Waals surface area contributed by atoms with Crippen LogP contribution in [0.15, 0.2) is 54.7 Å². The molecule has 0 aliphatic carbocycles. The molecule has 3 aromatic rings. The van der Waals surface area contributed by atoms with Crippen molar-refractivity contribution in [2.24, 2.45) is 0 Å². The number of hydrogen-bond donors (Lipinski definition) is 1. The molecule has 1 aliphatic rings. The van der Waals surface area contributed by atoms with Gasteiger partial charge in [-0.25, -0.2) is 9.97 Å². The van der Waals surface area contributed by atoms with E-state index in [0.717, 1.165) is 49.7 Å². The molecule has 1 aromatic heterocycles. The number of likely N-dealkylation sites (N-methyl/N-ethyl adjacent to an activating group) is 1. The monoisotopic (exact) mass is 414 g/mol. The first-order valence-corrected chi connectivity index (χ1v) is 10.3. The smallest absolute Gasteiger partial charge is 0.227 e. The Morgan fingerprint density at radius 2 is 1.84 bits per heavy atom. The number of aromatic nitrogens is 2. The van der Waals surface area contributed by atoms with Crippen LogP contribution in [0.3, 0.4) is 0 Å². The van der Waals surface area contributed by atoms with Crippen LogP contribution in [0, 0.1) is 11.3 Å². The lowest BCUT2D eigenvalue weighted by Crippen LogP contribution is -2.43. The van der Waals surface area contributed by atoms with E-state index in [1.165, 1.54) is 5.56 Å². The first-order chi connectivity index (χ1) is 15.1. The zero-order chi connectivity index (χ0) is 21.6. The van der Waals surface area contributed by atoms with E-state index in [1.807, 2.05) is 12.1 Å². The van der Waals surface area contributed by atoms with Gasteiger partial charge in [0.15, 0.2) is 0 Å². The summed E-state index contributed by atoms with van der Waals surface area (Å²) < 4.78 is 5.22. The van der Waals surface area contributed by atoms with Crippen molar-refractivity contribution in [3.63, 3.8) is 0 Å². The van der Waals surface area contributed by atoms with Gasteiger partial charge in [-0.2, -0.15) is 5.26 Å². The largest absolute Gasteiger partial charge is 0.495 e. The second-order valence-electron chi connectivity index (χ2n) is 7.69. The van der Waals surface area contributed by atoms with Crippen molar-refractivity contribution in [2.75, 3.05) is 45.7 Å². The summed E-state index contributed by atoms with van der Waals surface area (Å²) in [5.41, 5.74) is 4.29. The van der Waals surface area contributed by atoms with Gasteiger partial charge in [0.25, 0.3) is 0 Å². The fourth-order valence-corrected chi connectivity index (χ4v) is 3.62. The van der Waals surface area contributed by atoms with Crippen LogP contribution in [0.2, 0.25) is 0 Å². The Morgan fingerprint density at radius 3 is 2.55 bits per heavy atom. The predicted molar refractivity (Wildman–Crippen MR) is 121 cm³/mol. The molecule has 4 rings (SSSR count). The Bertz CT molecular complexity index is 1070. The molecular formula is C24H26N6O. The van der Waals surface area contributed by atoms with Crippen molar-refractivity contribution in [2.45, 2.75) is 6.54 Å². The lowest BCUT2D eigenvalue weighted by atomic mass is 10.1. The minimum absolute atomic E-state index is 0.476. The van der Waals surface area contributed by atoms with Gasteiger partial charge in [-0.15, -0.1) is 0 Å². The number of rotatable bonds is 6. The second kappa shape index (κ2) is 9.56. The number of hydrogen-bond acceptors (Lipinski definition) is 7. The molecule has 1 fully saturated rings. The molecular weight excluding hydrogens is 388 g/mol. The molecule has 158 valence electrons. The summed E-state index contributed by atoms with van der Waals surface area (Å²) in [4.78, 5) is 13.8. The SMILES string of the molecule is COc1ccc(-c2ccnc(Nc3ccc(CN4CCN(C)CC4)cc3)n2)cc1C#N. The second-order valence-corrected chi connectivity index (χ2v) is 7.69. The molecule has 1 saturated heterocycles. The standard InChI is InChI=1S/C24H26N6O/c1-29-11-13-30(14-12-29)17-18-3-6-21(7-4-18)27-24-26-10-9-22(28-24)19-5-8-23(31-2)20(15-19)16-25/h3-10,15H,11-14,17H2,1-2H3,(H,26,27,28). The first-order valence-electron chi connectivity index (χ1n) is 10.3. The van der Waals surface area contributed by atoms with Crippen LogP contribution in [-0.2, 0) is 6.54 Å². The molecule has 1 N–H and O–H groups in total. The minimum atomic E-state index is 0.476. The molecule has 7 heteroatoms. The van der Waals surface area contributed by atoms with Crippen LogP contribution in [0.25, 0.3) is 11.3 Å². The summed E-state index contributed by atoms with van der Waals surface area (Å²) in [5.74, 6) is 1.06. The van der Waals surface area contributed by atoms with Crippen molar-refractivity contribution in [3.8, 4) is 23.1 Å². The van der Waals surface area contributed by atoms with E-state index in [-0.39, 0.29) is 0 Å².